The minimum absolute atomic E-state index is 0.820. The second-order valence-electron chi connectivity index (χ2n) is 7.99. The Balaban J connectivity index is 1.81. The second-order valence-corrected chi connectivity index (χ2v) is 7.99. The van der Waals surface area contributed by atoms with Gasteiger partial charge in [0.25, 0.3) is 0 Å². The molecule has 142 valence electrons. The van der Waals surface area contributed by atoms with Crippen LogP contribution in [-0.2, 0) is 6.42 Å². The van der Waals surface area contributed by atoms with E-state index in [1.807, 2.05) is 13.8 Å². The average molecular weight is 377 g/mol. The summed E-state index contributed by atoms with van der Waals surface area (Å²) in [5, 5.41) is 0. The van der Waals surface area contributed by atoms with Crippen LogP contribution in [0.5, 0.6) is 0 Å². The quantitative estimate of drug-likeness (QED) is 0.352. The first-order valence-electron chi connectivity index (χ1n) is 10.00. The van der Waals surface area contributed by atoms with Crippen LogP contribution >= 0.6 is 0 Å². The largest absolute Gasteiger partial charge is 0.398 e. The lowest BCUT2D eigenvalue weighted by atomic mass is 9.87. The van der Waals surface area contributed by atoms with Crippen molar-refractivity contribution in [2.45, 2.75) is 20.3 Å². The highest BCUT2D eigenvalue weighted by Gasteiger charge is 2.24. The van der Waals surface area contributed by atoms with Gasteiger partial charge in [-0.05, 0) is 88.0 Å². The fourth-order valence-electron chi connectivity index (χ4n) is 4.39. The SMILES string of the molecule is Cc1ccc(-c2ccc3c(c2-c2ccc(C)c(N)c2)Cc2ccccc2-3)cc1N. The molecule has 29 heavy (non-hydrogen) atoms. The Bertz CT molecular complexity index is 1270. The smallest absolute Gasteiger partial charge is 0.0349 e. The third kappa shape index (κ3) is 2.80. The Morgan fingerprint density at radius 2 is 1.24 bits per heavy atom. The van der Waals surface area contributed by atoms with E-state index >= 15 is 0 Å². The summed E-state index contributed by atoms with van der Waals surface area (Å²) in [5.74, 6) is 0. The fourth-order valence-corrected chi connectivity index (χ4v) is 4.39. The van der Waals surface area contributed by atoms with Crippen molar-refractivity contribution in [1.82, 2.24) is 0 Å². The molecule has 0 spiro atoms. The number of fused-ring (bicyclic) bond motifs is 3. The Morgan fingerprint density at radius 1 is 0.621 bits per heavy atom. The van der Waals surface area contributed by atoms with Gasteiger partial charge in [-0.3, -0.25) is 0 Å². The summed E-state index contributed by atoms with van der Waals surface area (Å²) in [4.78, 5) is 0. The number of hydrogen-bond donors (Lipinski definition) is 2. The number of nitrogen functional groups attached to an aromatic ring is 2. The van der Waals surface area contributed by atoms with Crippen molar-refractivity contribution in [1.29, 1.82) is 0 Å². The summed E-state index contributed by atoms with van der Waals surface area (Å²) in [6, 6.07) is 25.9. The van der Waals surface area contributed by atoms with Crippen LogP contribution in [0, 0.1) is 13.8 Å². The zero-order valence-corrected chi connectivity index (χ0v) is 16.8. The van der Waals surface area contributed by atoms with Gasteiger partial charge in [-0.15, -0.1) is 0 Å². The molecule has 0 saturated carbocycles. The molecule has 1 aliphatic carbocycles. The van der Waals surface area contributed by atoms with Gasteiger partial charge in [0.1, 0.15) is 0 Å². The van der Waals surface area contributed by atoms with Gasteiger partial charge in [0, 0.05) is 11.4 Å². The summed E-state index contributed by atoms with van der Waals surface area (Å²) in [6.45, 7) is 4.09. The molecular weight excluding hydrogens is 352 g/mol. The first-order valence-corrected chi connectivity index (χ1v) is 10.00. The van der Waals surface area contributed by atoms with Gasteiger partial charge in [-0.2, -0.15) is 0 Å². The van der Waals surface area contributed by atoms with E-state index in [0.717, 1.165) is 40.0 Å². The van der Waals surface area contributed by atoms with Crippen molar-refractivity contribution in [2.75, 3.05) is 11.5 Å². The lowest BCUT2D eigenvalue weighted by Crippen LogP contribution is -1.97. The maximum absolute atomic E-state index is 6.30. The van der Waals surface area contributed by atoms with E-state index in [0.29, 0.717) is 0 Å². The Labute approximate surface area is 171 Å². The topological polar surface area (TPSA) is 52.0 Å². The molecule has 0 unspecified atom stereocenters. The molecule has 4 N–H and O–H groups in total. The minimum Gasteiger partial charge on any atom is -0.398 e. The van der Waals surface area contributed by atoms with Crippen LogP contribution in [0.4, 0.5) is 11.4 Å². The number of rotatable bonds is 2. The number of aryl methyl sites for hydroxylation is 2. The van der Waals surface area contributed by atoms with Crippen molar-refractivity contribution in [3.8, 4) is 33.4 Å². The molecule has 0 aromatic heterocycles. The van der Waals surface area contributed by atoms with Crippen LogP contribution in [-0.4, -0.2) is 0 Å². The number of hydrogen-bond acceptors (Lipinski definition) is 2. The van der Waals surface area contributed by atoms with Gasteiger partial charge in [0.2, 0.25) is 0 Å². The van der Waals surface area contributed by atoms with E-state index in [-0.39, 0.29) is 0 Å². The third-order valence-electron chi connectivity index (χ3n) is 6.15. The molecule has 0 aliphatic heterocycles. The molecule has 0 bridgehead atoms. The van der Waals surface area contributed by atoms with E-state index < -0.39 is 0 Å². The maximum Gasteiger partial charge on any atom is 0.0349 e. The van der Waals surface area contributed by atoms with E-state index in [1.54, 1.807) is 0 Å². The molecule has 0 amide bonds. The van der Waals surface area contributed by atoms with Crippen LogP contribution in [0.2, 0.25) is 0 Å². The first kappa shape index (κ1) is 17.6. The average Bonchev–Trinajstić information content (AvgIpc) is 3.10. The molecule has 2 nitrogen and oxygen atoms in total. The minimum atomic E-state index is 0.820. The van der Waals surface area contributed by atoms with Crippen molar-refractivity contribution < 1.29 is 0 Å². The summed E-state index contributed by atoms with van der Waals surface area (Å²) < 4.78 is 0. The number of nitrogens with two attached hydrogens (primary N) is 2. The molecule has 5 rings (SSSR count). The predicted molar refractivity (Wildman–Crippen MR) is 124 cm³/mol. The van der Waals surface area contributed by atoms with Crippen molar-refractivity contribution in [3.63, 3.8) is 0 Å². The van der Waals surface area contributed by atoms with E-state index in [2.05, 4.69) is 72.8 Å². The van der Waals surface area contributed by atoms with Crippen molar-refractivity contribution in [3.05, 3.63) is 95.1 Å². The van der Waals surface area contributed by atoms with Gasteiger partial charge in [-0.25, -0.2) is 0 Å². The summed E-state index contributed by atoms with van der Waals surface area (Å²) in [5.41, 5.74) is 26.6. The Kier molecular flexibility index (Phi) is 3.95. The van der Waals surface area contributed by atoms with Crippen molar-refractivity contribution in [2.24, 2.45) is 0 Å². The molecule has 2 heteroatoms. The van der Waals surface area contributed by atoms with E-state index in [4.69, 9.17) is 11.5 Å². The number of anilines is 2. The highest BCUT2D eigenvalue weighted by molar-refractivity contribution is 5.94. The van der Waals surface area contributed by atoms with Crippen LogP contribution < -0.4 is 11.5 Å². The van der Waals surface area contributed by atoms with Crippen LogP contribution in [0.15, 0.2) is 72.8 Å². The molecule has 0 saturated heterocycles. The first-order chi connectivity index (χ1) is 14.0. The molecule has 0 radical (unpaired) electrons. The summed E-state index contributed by atoms with van der Waals surface area (Å²) in [6.07, 6.45) is 0.934. The molecule has 1 aliphatic rings. The Hall–Kier alpha value is -3.52. The zero-order chi connectivity index (χ0) is 20.1. The molecule has 4 aromatic rings. The van der Waals surface area contributed by atoms with Gasteiger partial charge in [-0.1, -0.05) is 60.7 Å². The molecule has 0 fully saturated rings. The number of benzene rings is 4. The highest BCUT2D eigenvalue weighted by atomic mass is 14.6. The maximum atomic E-state index is 6.30. The molecule has 0 heterocycles. The van der Waals surface area contributed by atoms with Crippen LogP contribution in [0.25, 0.3) is 33.4 Å². The third-order valence-corrected chi connectivity index (χ3v) is 6.15. The van der Waals surface area contributed by atoms with Gasteiger partial charge >= 0.3 is 0 Å². The van der Waals surface area contributed by atoms with Crippen LogP contribution in [0.3, 0.4) is 0 Å². The summed E-state index contributed by atoms with van der Waals surface area (Å²) >= 11 is 0. The lowest BCUT2D eigenvalue weighted by molar-refractivity contribution is 1.26. The van der Waals surface area contributed by atoms with E-state index in [9.17, 15) is 0 Å². The van der Waals surface area contributed by atoms with E-state index in [1.165, 1.54) is 33.4 Å². The second kappa shape index (κ2) is 6.52. The monoisotopic (exact) mass is 376 g/mol. The zero-order valence-electron chi connectivity index (χ0n) is 16.8. The van der Waals surface area contributed by atoms with Crippen molar-refractivity contribution >= 4 is 11.4 Å². The lowest BCUT2D eigenvalue weighted by Gasteiger charge is -2.17. The van der Waals surface area contributed by atoms with Gasteiger partial charge in [0.15, 0.2) is 0 Å². The molecule has 0 atom stereocenters. The standard InChI is InChI=1S/C27H24N2/c1-16-7-9-19(14-25(16)28)22-11-12-23-21-6-4-3-5-18(21)13-24(23)27(22)20-10-8-17(2)26(29)15-20/h3-12,14-15H,13,28-29H2,1-2H3. The predicted octanol–water partition coefficient (Wildman–Crippen LogP) is 6.37. The molecular formula is C27H24N2. The van der Waals surface area contributed by atoms with Crippen LogP contribution in [0.1, 0.15) is 22.3 Å². The summed E-state index contributed by atoms with van der Waals surface area (Å²) in [7, 11) is 0. The normalized spacial score (nSPS) is 11.9. The van der Waals surface area contributed by atoms with Gasteiger partial charge in [0.05, 0.1) is 0 Å². The highest BCUT2D eigenvalue weighted by Crippen LogP contribution is 2.46. The van der Waals surface area contributed by atoms with Gasteiger partial charge < -0.3 is 11.5 Å². The molecule has 4 aromatic carbocycles. The fraction of sp³-hybridized carbons (Fsp3) is 0.111. The Morgan fingerprint density at radius 3 is 1.97 bits per heavy atom.